The summed E-state index contributed by atoms with van der Waals surface area (Å²) in [4.78, 5) is 11.9. The van der Waals surface area contributed by atoms with Crippen molar-refractivity contribution in [1.82, 2.24) is 5.32 Å². The number of ketones is 1. The van der Waals surface area contributed by atoms with Crippen molar-refractivity contribution in [2.24, 2.45) is 5.92 Å². The Balaban J connectivity index is 1.88. The molecule has 1 aromatic carbocycles. The molecule has 3 heteroatoms. The Hall–Kier alpha value is -1.35. The van der Waals surface area contributed by atoms with E-state index in [1.165, 1.54) is 5.56 Å². The number of fused-ring (bicyclic) bond motifs is 1. The Morgan fingerprint density at radius 1 is 1.40 bits per heavy atom. The van der Waals surface area contributed by atoms with Gasteiger partial charge in [-0.3, -0.25) is 4.79 Å². The first-order valence-electron chi connectivity index (χ1n) is 5.35. The fourth-order valence-corrected chi connectivity index (χ4v) is 2.03. The van der Waals surface area contributed by atoms with Crippen LogP contribution in [-0.4, -0.2) is 25.5 Å². The van der Waals surface area contributed by atoms with E-state index in [9.17, 15) is 4.79 Å². The van der Waals surface area contributed by atoms with E-state index in [1.807, 2.05) is 18.2 Å². The first kappa shape index (κ1) is 8.92. The lowest BCUT2D eigenvalue weighted by Crippen LogP contribution is -2.46. The Labute approximate surface area is 88.4 Å². The summed E-state index contributed by atoms with van der Waals surface area (Å²) in [6.45, 7) is 2.38. The number of benzene rings is 1. The van der Waals surface area contributed by atoms with Crippen LogP contribution in [0.2, 0.25) is 0 Å². The topological polar surface area (TPSA) is 38.3 Å². The lowest BCUT2D eigenvalue weighted by atomic mass is 9.92. The van der Waals surface area contributed by atoms with Crippen LogP contribution in [0.4, 0.5) is 0 Å². The molecular weight excluding hydrogens is 190 g/mol. The molecule has 0 aliphatic carbocycles. The van der Waals surface area contributed by atoms with Crippen LogP contribution in [0.25, 0.3) is 0 Å². The fourth-order valence-electron chi connectivity index (χ4n) is 2.03. The summed E-state index contributed by atoms with van der Waals surface area (Å²) in [7, 11) is 0. The first-order chi connectivity index (χ1) is 7.34. The fraction of sp³-hybridized carbons (Fsp3) is 0.417. The summed E-state index contributed by atoms with van der Waals surface area (Å²) < 4.78 is 5.45. The average Bonchev–Trinajstić information content (AvgIpc) is 2.61. The summed E-state index contributed by atoms with van der Waals surface area (Å²) in [5.74, 6) is 1.31. The number of rotatable bonds is 2. The Bertz CT molecular complexity index is 410. The maximum Gasteiger partial charge on any atom is 0.168 e. The van der Waals surface area contributed by atoms with Crippen LogP contribution in [0, 0.1) is 5.92 Å². The highest BCUT2D eigenvalue weighted by Gasteiger charge is 2.26. The molecular formula is C12H13NO2. The molecule has 0 atom stereocenters. The van der Waals surface area contributed by atoms with Gasteiger partial charge >= 0.3 is 0 Å². The van der Waals surface area contributed by atoms with Crippen LogP contribution in [0.1, 0.15) is 15.9 Å². The molecule has 0 spiro atoms. The number of ether oxygens (including phenoxy) is 1. The highest BCUT2D eigenvalue weighted by molar-refractivity contribution is 5.99. The van der Waals surface area contributed by atoms with E-state index >= 15 is 0 Å². The Kier molecular flexibility index (Phi) is 1.99. The molecule has 3 nitrogen and oxygen atoms in total. The van der Waals surface area contributed by atoms with Crippen molar-refractivity contribution in [2.75, 3.05) is 19.7 Å². The van der Waals surface area contributed by atoms with Gasteiger partial charge in [-0.15, -0.1) is 0 Å². The first-order valence-corrected chi connectivity index (χ1v) is 5.35. The SMILES string of the molecule is O=C(c1ccc2c(c1)OCC2)C1CNC1. The molecule has 2 aliphatic heterocycles. The van der Waals surface area contributed by atoms with Crippen LogP contribution in [0.15, 0.2) is 18.2 Å². The standard InChI is InChI=1S/C12H13NO2/c14-12(10-6-13-7-10)9-2-1-8-3-4-15-11(8)5-9/h1-2,5,10,13H,3-4,6-7H2. The smallest absolute Gasteiger partial charge is 0.168 e. The molecule has 0 saturated carbocycles. The van der Waals surface area contributed by atoms with Gasteiger partial charge in [0.25, 0.3) is 0 Å². The number of hydrogen-bond donors (Lipinski definition) is 1. The third kappa shape index (κ3) is 1.43. The minimum absolute atomic E-state index is 0.171. The van der Waals surface area contributed by atoms with Gasteiger partial charge in [-0.1, -0.05) is 12.1 Å². The zero-order valence-electron chi connectivity index (χ0n) is 8.45. The van der Waals surface area contributed by atoms with Gasteiger partial charge in [0, 0.05) is 31.0 Å². The molecule has 78 valence electrons. The normalized spacial score (nSPS) is 19.2. The van der Waals surface area contributed by atoms with E-state index < -0.39 is 0 Å². The lowest BCUT2D eigenvalue weighted by Gasteiger charge is -2.25. The van der Waals surface area contributed by atoms with Crippen molar-refractivity contribution in [3.8, 4) is 5.75 Å². The predicted molar refractivity (Wildman–Crippen MR) is 56.3 cm³/mol. The molecule has 1 saturated heterocycles. The van der Waals surface area contributed by atoms with Crippen molar-refractivity contribution >= 4 is 5.78 Å². The summed E-state index contributed by atoms with van der Waals surface area (Å²) in [5, 5.41) is 3.11. The van der Waals surface area contributed by atoms with Crippen LogP contribution in [-0.2, 0) is 6.42 Å². The van der Waals surface area contributed by atoms with Crippen LogP contribution < -0.4 is 10.1 Å². The van der Waals surface area contributed by atoms with Crippen LogP contribution >= 0.6 is 0 Å². The molecule has 1 aromatic rings. The van der Waals surface area contributed by atoms with E-state index in [2.05, 4.69) is 5.32 Å². The molecule has 2 aliphatic rings. The summed E-state index contributed by atoms with van der Waals surface area (Å²) in [5.41, 5.74) is 2.01. The molecule has 0 amide bonds. The summed E-state index contributed by atoms with van der Waals surface area (Å²) in [6, 6.07) is 5.83. The highest BCUT2D eigenvalue weighted by atomic mass is 16.5. The second kappa shape index (κ2) is 3.35. The van der Waals surface area contributed by atoms with Crippen LogP contribution in [0.3, 0.4) is 0 Å². The lowest BCUT2D eigenvalue weighted by molar-refractivity contribution is 0.0878. The summed E-state index contributed by atoms with van der Waals surface area (Å²) >= 11 is 0. The molecule has 2 heterocycles. The Morgan fingerprint density at radius 2 is 2.27 bits per heavy atom. The van der Waals surface area contributed by atoms with Crippen molar-refractivity contribution < 1.29 is 9.53 Å². The number of carbonyl (C=O) groups excluding carboxylic acids is 1. The van der Waals surface area contributed by atoms with Crippen molar-refractivity contribution in [3.05, 3.63) is 29.3 Å². The van der Waals surface area contributed by atoms with Gasteiger partial charge in [0.2, 0.25) is 0 Å². The van der Waals surface area contributed by atoms with E-state index in [4.69, 9.17) is 4.74 Å². The second-order valence-corrected chi connectivity index (χ2v) is 4.14. The quantitative estimate of drug-likeness (QED) is 0.729. The number of Topliss-reactive ketones (excluding diaryl/α,β-unsaturated/α-hetero) is 1. The van der Waals surface area contributed by atoms with Crippen molar-refractivity contribution in [3.63, 3.8) is 0 Å². The number of hydrogen-bond acceptors (Lipinski definition) is 3. The van der Waals surface area contributed by atoms with Gasteiger partial charge in [-0.25, -0.2) is 0 Å². The van der Waals surface area contributed by atoms with Gasteiger partial charge in [-0.05, 0) is 11.6 Å². The summed E-state index contributed by atoms with van der Waals surface area (Å²) in [6.07, 6.45) is 0.967. The zero-order valence-corrected chi connectivity index (χ0v) is 8.45. The molecule has 15 heavy (non-hydrogen) atoms. The molecule has 0 unspecified atom stereocenters. The van der Waals surface area contributed by atoms with E-state index in [0.29, 0.717) is 0 Å². The van der Waals surface area contributed by atoms with Gasteiger partial charge in [-0.2, -0.15) is 0 Å². The third-order valence-electron chi connectivity index (χ3n) is 3.13. The third-order valence-corrected chi connectivity index (χ3v) is 3.13. The maximum atomic E-state index is 11.9. The minimum atomic E-state index is 0.171. The molecule has 0 bridgehead atoms. The van der Waals surface area contributed by atoms with E-state index in [0.717, 1.165) is 37.4 Å². The largest absolute Gasteiger partial charge is 0.493 e. The highest BCUT2D eigenvalue weighted by Crippen LogP contribution is 2.27. The van der Waals surface area contributed by atoms with Crippen LogP contribution in [0.5, 0.6) is 5.75 Å². The van der Waals surface area contributed by atoms with Crippen molar-refractivity contribution in [1.29, 1.82) is 0 Å². The van der Waals surface area contributed by atoms with E-state index in [-0.39, 0.29) is 11.7 Å². The zero-order chi connectivity index (χ0) is 10.3. The maximum absolute atomic E-state index is 11.9. The van der Waals surface area contributed by atoms with Gasteiger partial charge in [0.15, 0.2) is 5.78 Å². The van der Waals surface area contributed by atoms with Gasteiger partial charge < -0.3 is 10.1 Å². The molecule has 1 fully saturated rings. The monoisotopic (exact) mass is 203 g/mol. The Morgan fingerprint density at radius 3 is 3.00 bits per heavy atom. The molecule has 1 N–H and O–H groups in total. The predicted octanol–water partition coefficient (Wildman–Crippen LogP) is 1.02. The van der Waals surface area contributed by atoms with Gasteiger partial charge in [0.05, 0.1) is 6.61 Å². The second-order valence-electron chi connectivity index (χ2n) is 4.14. The van der Waals surface area contributed by atoms with Crippen molar-refractivity contribution in [2.45, 2.75) is 6.42 Å². The number of carbonyl (C=O) groups is 1. The number of nitrogens with one attached hydrogen (secondary N) is 1. The minimum Gasteiger partial charge on any atom is -0.493 e. The van der Waals surface area contributed by atoms with Gasteiger partial charge in [0.1, 0.15) is 5.75 Å². The average molecular weight is 203 g/mol. The molecule has 0 radical (unpaired) electrons. The molecule has 0 aromatic heterocycles. The van der Waals surface area contributed by atoms with E-state index in [1.54, 1.807) is 0 Å². The molecule has 3 rings (SSSR count).